The molecular weight excluding hydrogens is 196 g/mol. The molecule has 0 fully saturated rings. The Labute approximate surface area is 88.0 Å². The highest BCUT2D eigenvalue weighted by Crippen LogP contribution is 2.12. The van der Waals surface area contributed by atoms with Gasteiger partial charge in [0.05, 0.1) is 18.5 Å². The van der Waals surface area contributed by atoms with Crippen LogP contribution in [0.1, 0.15) is 17.4 Å². The zero-order valence-corrected chi connectivity index (χ0v) is 8.55. The molecule has 0 atom stereocenters. The topological polar surface area (TPSA) is 73.7 Å². The van der Waals surface area contributed by atoms with Crippen LogP contribution in [-0.4, -0.2) is 40.9 Å². The van der Waals surface area contributed by atoms with E-state index in [1.54, 1.807) is 6.07 Å². The number of rotatable bonds is 5. The van der Waals surface area contributed by atoms with Gasteiger partial charge in [-0.3, -0.25) is 0 Å². The van der Waals surface area contributed by atoms with Crippen LogP contribution in [0.3, 0.4) is 0 Å². The number of aliphatic hydroxyl groups excluding tert-OH is 1. The third-order valence-corrected chi connectivity index (χ3v) is 2.08. The van der Waals surface area contributed by atoms with Crippen molar-refractivity contribution in [3.8, 4) is 0 Å². The van der Waals surface area contributed by atoms with E-state index in [4.69, 9.17) is 10.2 Å². The number of carboxylic acid groups (broad SMARTS) is 1. The minimum Gasteiger partial charge on any atom is -0.477 e. The van der Waals surface area contributed by atoms with E-state index in [1.165, 1.54) is 12.3 Å². The van der Waals surface area contributed by atoms with Crippen LogP contribution in [-0.2, 0) is 0 Å². The molecule has 1 aromatic heterocycles. The van der Waals surface area contributed by atoms with Crippen molar-refractivity contribution in [2.75, 3.05) is 24.6 Å². The Morgan fingerprint density at radius 2 is 2.27 bits per heavy atom. The van der Waals surface area contributed by atoms with E-state index in [9.17, 15) is 4.79 Å². The first-order valence-corrected chi connectivity index (χ1v) is 4.74. The van der Waals surface area contributed by atoms with E-state index in [0.29, 0.717) is 6.54 Å². The van der Waals surface area contributed by atoms with E-state index in [2.05, 4.69) is 4.98 Å². The molecule has 1 heterocycles. The molecule has 0 saturated heterocycles. The van der Waals surface area contributed by atoms with Crippen LogP contribution in [0.15, 0.2) is 18.3 Å². The average Bonchev–Trinajstić information content (AvgIpc) is 2.26. The van der Waals surface area contributed by atoms with Gasteiger partial charge in [-0.2, -0.15) is 0 Å². The number of hydrogen-bond acceptors (Lipinski definition) is 4. The summed E-state index contributed by atoms with van der Waals surface area (Å²) in [7, 11) is 0. The van der Waals surface area contributed by atoms with Crippen LogP contribution in [0, 0.1) is 0 Å². The molecule has 0 saturated carbocycles. The Morgan fingerprint density at radius 1 is 1.53 bits per heavy atom. The van der Waals surface area contributed by atoms with Gasteiger partial charge in [0.15, 0.2) is 0 Å². The van der Waals surface area contributed by atoms with Crippen molar-refractivity contribution in [3.63, 3.8) is 0 Å². The lowest BCUT2D eigenvalue weighted by Gasteiger charge is -2.21. The van der Waals surface area contributed by atoms with Crippen LogP contribution in [0.2, 0.25) is 0 Å². The normalized spacial score (nSPS) is 10.0. The first-order valence-electron chi connectivity index (χ1n) is 4.74. The van der Waals surface area contributed by atoms with Gasteiger partial charge in [0.2, 0.25) is 0 Å². The number of hydrogen-bond donors (Lipinski definition) is 2. The first kappa shape index (κ1) is 11.5. The van der Waals surface area contributed by atoms with Gasteiger partial charge in [0, 0.05) is 13.1 Å². The number of likely N-dealkylation sites (N-methyl/N-ethyl adjacent to an activating group) is 1. The molecule has 0 aliphatic heterocycles. The maximum atomic E-state index is 10.6. The second kappa shape index (κ2) is 5.31. The van der Waals surface area contributed by atoms with Gasteiger partial charge >= 0.3 is 5.97 Å². The number of aliphatic hydroxyl groups is 1. The maximum Gasteiger partial charge on any atom is 0.354 e. The summed E-state index contributed by atoms with van der Waals surface area (Å²) in [5.41, 5.74) is 0.843. The van der Waals surface area contributed by atoms with Gasteiger partial charge in [0.1, 0.15) is 5.69 Å². The van der Waals surface area contributed by atoms with Gasteiger partial charge in [0.25, 0.3) is 0 Å². The summed E-state index contributed by atoms with van der Waals surface area (Å²) >= 11 is 0. The molecule has 0 amide bonds. The van der Waals surface area contributed by atoms with E-state index in [0.717, 1.165) is 12.2 Å². The Bertz CT molecular complexity index is 324. The second-order valence-corrected chi connectivity index (χ2v) is 3.01. The highest BCUT2D eigenvalue weighted by Gasteiger charge is 2.07. The summed E-state index contributed by atoms with van der Waals surface area (Å²) in [4.78, 5) is 16.3. The van der Waals surface area contributed by atoms with Crippen molar-refractivity contribution in [2.24, 2.45) is 0 Å². The predicted octanol–water partition coefficient (Wildman–Crippen LogP) is 0.598. The molecule has 1 aromatic rings. The first-order chi connectivity index (χ1) is 7.19. The molecule has 1 rings (SSSR count). The largest absolute Gasteiger partial charge is 0.477 e. The third kappa shape index (κ3) is 2.92. The Kier molecular flexibility index (Phi) is 4.05. The summed E-state index contributed by atoms with van der Waals surface area (Å²) in [5.74, 6) is -1.04. The van der Waals surface area contributed by atoms with Crippen molar-refractivity contribution in [3.05, 3.63) is 24.0 Å². The summed E-state index contributed by atoms with van der Waals surface area (Å²) < 4.78 is 0. The number of aromatic nitrogens is 1. The van der Waals surface area contributed by atoms with Crippen molar-refractivity contribution >= 4 is 11.7 Å². The number of nitrogens with zero attached hydrogens (tertiary/aromatic N) is 2. The molecule has 0 spiro atoms. The molecule has 5 heteroatoms. The number of aromatic carboxylic acids is 1. The van der Waals surface area contributed by atoms with E-state index in [1.807, 2.05) is 11.8 Å². The molecule has 0 unspecified atom stereocenters. The summed E-state index contributed by atoms with van der Waals surface area (Å²) in [6.07, 6.45) is 1.50. The monoisotopic (exact) mass is 210 g/mol. The second-order valence-electron chi connectivity index (χ2n) is 3.01. The molecule has 0 aromatic carbocycles. The smallest absolute Gasteiger partial charge is 0.354 e. The fraction of sp³-hybridized carbons (Fsp3) is 0.400. The fourth-order valence-corrected chi connectivity index (χ4v) is 1.29. The van der Waals surface area contributed by atoms with Gasteiger partial charge in [-0.25, -0.2) is 9.78 Å². The van der Waals surface area contributed by atoms with Crippen molar-refractivity contribution in [2.45, 2.75) is 6.92 Å². The third-order valence-electron chi connectivity index (χ3n) is 2.08. The minimum absolute atomic E-state index is 0.0267. The lowest BCUT2D eigenvalue weighted by Crippen LogP contribution is -2.26. The maximum absolute atomic E-state index is 10.6. The van der Waals surface area contributed by atoms with E-state index in [-0.39, 0.29) is 12.3 Å². The van der Waals surface area contributed by atoms with Gasteiger partial charge < -0.3 is 15.1 Å². The average molecular weight is 210 g/mol. The molecule has 2 N–H and O–H groups in total. The molecule has 0 radical (unpaired) electrons. The number of anilines is 1. The van der Waals surface area contributed by atoms with Crippen LogP contribution in [0.5, 0.6) is 0 Å². The summed E-state index contributed by atoms with van der Waals surface area (Å²) in [6, 6.07) is 3.15. The highest BCUT2D eigenvalue weighted by atomic mass is 16.4. The lowest BCUT2D eigenvalue weighted by molar-refractivity contribution is 0.0690. The van der Waals surface area contributed by atoms with Crippen molar-refractivity contribution in [1.29, 1.82) is 0 Å². The van der Waals surface area contributed by atoms with Crippen molar-refractivity contribution < 1.29 is 15.0 Å². The van der Waals surface area contributed by atoms with Crippen molar-refractivity contribution in [1.82, 2.24) is 4.98 Å². The standard InChI is InChI=1S/C10H14N2O3/c1-2-12(5-6-13)8-3-4-9(10(14)15)11-7-8/h3-4,7,13H,2,5-6H2,1H3,(H,14,15). The zero-order valence-electron chi connectivity index (χ0n) is 8.55. The van der Waals surface area contributed by atoms with E-state index >= 15 is 0 Å². The van der Waals surface area contributed by atoms with Crippen LogP contribution < -0.4 is 4.90 Å². The SMILES string of the molecule is CCN(CCO)c1ccc(C(=O)O)nc1. The Balaban J connectivity index is 2.81. The molecule has 0 aliphatic carbocycles. The Hall–Kier alpha value is -1.62. The Morgan fingerprint density at radius 3 is 2.67 bits per heavy atom. The van der Waals surface area contributed by atoms with Crippen LogP contribution in [0.4, 0.5) is 5.69 Å². The molecule has 5 nitrogen and oxygen atoms in total. The number of pyridine rings is 1. The quantitative estimate of drug-likeness (QED) is 0.744. The number of carbonyl (C=O) groups is 1. The van der Waals surface area contributed by atoms with Crippen LogP contribution in [0.25, 0.3) is 0 Å². The summed E-state index contributed by atoms with van der Waals surface area (Å²) in [5, 5.41) is 17.5. The van der Waals surface area contributed by atoms with E-state index < -0.39 is 5.97 Å². The molecular formula is C10H14N2O3. The summed E-state index contributed by atoms with van der Waals surface area (Å²) in [6.45, 7) is 3.29. The molecule has 0 bridgehead atoms. The molecule has 0 aliphatic rings. The lowest BCUT2D eigenvalue weighted by atomic mass is 10.3. The van der Waals surface area contributed by atoms with Gasteiger partial charge in [-0.15, -0.1) is 0 Å². The molecule has 82 valence electrons. The highest BCUT2D eigenvalue weighted by molar-refractivity contribution is 5.85. The molecule has 15 heavy (non-hydrogen) atoms. The zero-order chi connectivity index (χ0) is 11.3. The number of carboxylic acids is 1. The minimum atomic E-state index is -1.04. The van der Waals surface area contributed by atoms with Crippen LogP contribution >= 0.6 is 0 Å². The van der Waals surface area contributed by atoms with Gasteiger partial charge in [-0.1, -0.05) is 0 Å². The van der Waals surface area contributed by atoms with Gasteiger partial charge in [-0.05, 0) is 19.1 Å². The predicted molar refractivity (Wildman–Crippen MR) is 56.2 cm³/mol. The fourth-order valence-electron chi connectivity index (χ4n) is 1.29.